The highest BCUT2D eigenvalue weighted by Crippen LogP contribution is 2.30. The summed E-state index contributed by atoms with van der Waals surface area (Å²) in [5, 5.41) is 7.69. The number of aromatic nitrogens is 2. The molecule has 0 radical (unpaired) electrons. The Morgan fingerprint density at radius 1 is 1.07 bits per heavy atom. The van der Waals surface area contributed by atoms with Crippen LogP contribution in [0.15, 0.2) is 63.6 Å². The molecule has 1 amide bonds. The highest BCUT2D eigenvalue weighted by Gasteiger charge is 2.11. The molecule has 0 atom stereocenters. The van der Waals surface area contributed by atoms with Crippen molar-refractivity contribution in [3.63, 3.8) is 0 Å². The fraction of sp³-hybridized carbons (Fsp3) is 0.136. The van der Waals surface area contributed by atoms with Crippen molar-refractivity contribution in [3.05, 3.63) is 81.4 Å². The van der Waals surface area contributed by atoms with Crippen LogP contribution in [0.2, 0.25) is 0 Å². The molecule has 0 saturated carbocycles. The molecule has 0 bridgehead atoms. The number of para-hydroxylation sites is 1. The summed E-state index contributed by atoms with van der Waals surface area (Å²) in [5.74, 6) is 0.365. The molecule has 0 fully saturated rings. The van der Waals surface area contributed by atoms with E-state index in [9.17, 15) is 9.18 Å². The van der Waals surface area contributed by atoms with Gasteiger partial charge in [-0.2, -0.15) is 0 Å². The van der Waals surface area contributed by atoms with E-state index >= 15 is 0 Å². The maximum atomic E-state index is 13.1. The van der Waals surface area contributed by atoms with Crippen molar-refractivity contribution in [1.82, 2.24) is 9.97 Å². The molecule has 0 aliphatic carbocycles. The highest BCUT2D eigenvalue weighted by molar-refractivity contribution is 8.00. The third kappa shape index (κ3) is 5.33. The van der Waals surface area contributed by atoms with Gasteiger partial charge in [0.1, 0.15) is 10.8 Å². The Hall–Kier alpha value is -2.55. The van der Waals surface area contributed by atoms with Crippen molar-refractivity contribution in [3.8, 4) is 11.3 Å². The minimum absolute atomic E-state index is 0.0679. The van der Waals surface area contributed by atoms with Gasteiger partial charge in [-0.25, -0.2) is 14.4 Å². The molecular weight excluding hydrogens is 437 g/mol. The van der Waals surface area contributed by atoms with Crippen LogP contribution in [-0.2, 0) is 17.0 Å². The van der Waals surface area contributed by atoms with Gasteiger partial charge in [-0.1, -0.05) is 30.0 Å². The second kappa shape index (κ2) is 9.51. The number of benzene rings is 2. The summed E-state index contributed by atoms with van der Waals surface area (Å²) in [6.45, 7) is 1.97. The minimum Gasteiger partial charge on any atom is -0.325 e. The van der Waals surface area contributed by atoms with Crippen LogP contribution < -0.4 is 5.32 Å². The monoisotopic (exact) mass is 455 g/mol. The average molecular weight is 456 g/mol. The van der Waals surface area contributed by atoms with Gasteiger partial charge in [-0.15, -0.1) is 22.7 Å². The molecular formula is C22H18FN3OS3. The second-order valence-electron chi connectivity index (χ2n) is 6.57. The molecule has 30 heavy (non-hydrogen) atoms. The number of carbonyl (C=O) groups is 1. The number of nitrogens with one attached hydrogen (secondary N) is 1. The molecule has 1 N–H and O–H groups in total. The number of anilines is 1. The molecule has 4 aromatic rings. The van der Waals surface area contributed by atoms with E-state index in [1.54, 1.807) is 35.2 Å². The maximum Gasteiger partial charge on any atom is 0.231 e. The number of rotatable bonds is 7. The number of halogens is 1. The van der Waals surface area contributed by atoms with Crippen LogP contribution in [0.3, 0.4) is 0 Å². The minimum atomic E-state index is -0.254. The van der Waals surface area contributed by atoms with Gasteiger partial charge in [-0.05, 0) is 42.8 Å². The normalized spacial score (nSPS) is 10.9. The summed E-state index contributed by atoms with van der Waals surface area (Å²) in [6.07, 6.45) is 0.260. The quantitative estimate of drug-likeness (QED) is 0.338. The van der Waals surface area contributed by atoms with Crippen molar-refractivity contribution in [1.29, 1.82) is 0 Å². The van der Waals surface area contributed by atoms with Crippen molar-refractivity contribution < 1.29 is 9.18 Å². The molecule has 0 aliphatic rings. The first-order valence-electron chi connectivity index (χ1n) is 9.20. The van der Waals surface area contributed by atoms with Gasteiger partial charge < -0.3 is 5.32 Å². The van der Waals surface area contributed by atoms with Gasteiger partial charge in [0.25, 0.3) is 0 Å². The molecule has 4 rings (SSSR count). The first-order chi connectivity index (χ1) is 14.6. The molecule has 152 valence electrons. The van der Waals surface area contributed by atoms with Crippen LogP contribution in [0.4, 0.5) is 10.1 Å². The van der Waals surface area contributed by atoms with Crippen LogP contribution >= 0.6 is 34.4 Å². The van der Waals surface area contributed by atoms with Crippen LogP contribution in [0.25, 0.3) is 11.3 Å². The van der Waals surface area contributed by atoms with E-state index in [1.807, 2.05) is 41.9 Å². The number of thioether (sulfide) groups is 1. The molecule has 2 heterocycles. The molecule has 2 aromatic carbocycles. The van der Waals surface area contributed by atoms with Gasteiger partial charge in [0.2, 0.25) is 5.91 Å². The Bertz CT molecular complexity index is 1150. The topological polar surface area (TPSA) is 54.9 Å². The summed E-state index contributed by atoms with van der Waals surface area (Å²) in [4.78, 5) is 21.5. The van der Waals surface area contributed by atoms with Crippen LogP contribution in [0.1, 0.15) is 16.3 Å². The fourth-order valence-corrected chi connectivity index (χ4v) is 5.38. The van der Waals surface area contributed by atoms with Crippen molar-refractivity contribution in [2.75, 3.05) is 5.32 Å². The van der Waals surface area contributed by atoms with Gasteiger partial charge in [0.05, 0.1) is 17.8 Å². The Labute approximate surface area is 186 Å². The second-order valence-corrected chi connectivity index (χ2v) is 9.59. The predicted molar refractivity (Wildman–Crippen MR) is 123 cm³/mol. The molecule has 0 saturated heterocycles. The Morgan fingerprint density at radius 3 is 2.67 bits per heavy atom. The lowest BCUT2D eigenvalue weighted by molar-refractivity contribution is -0.115. The first-order valence-corrected chi connectivity index (χ1v) is 11.9. The van der Waals surface area contributed by atoms with Crippen LogP contribution in [-0.4, -0.2) is 15.9 Å². The highest BCUT2D eigenvalue weighted by atomic mass is 32.2. The van der Waals surface area contributed by atoms with E-state index in [0.29, 0.717) is 5.75 Å². The third-order valence-electron chi connectivity index (χ3n) is 4.30. The zero-order valence-electron chi connectivity index (χ0n) is 16.1. The standard InChI is InChI=1S/C22H18FN3OS3/c1-14-4-2-3-5-18(14)25-20(27)10-21-24-17(11-28-21)12-29-22-26-19(13-30-22)15-6-8-16(23)9-7-15/h2-9,11,13H,10,12H2,1H3,(H,25,27). The third-order valence-corrected chi connectivity index (χ3v) is 7.25. The van der Waals surface area contributed by atoms with E-state index in [1.165, 1.54) is 23.5 Å². The molecule has 0 spiro atoms. The van der Waals surface area contributed by atoms with E-state index in [0.717, 1.165) is 37.5 Å². The lowest BCUT2D eigenvalue weighted by Crippen LogP contribution is -2.15. The lowest BCUT2D eigenvalue weighted by atomic mass is 10.2. The van der Waals surface area contributed by atoms with Crippen molar-refractivity contribution in [2.24, 2.45) is 0 Å². The Kier molecular flexibility index (Phi) is 6.56. The zero-order valence-corrected chi connectivity index (χ0v) is 18.5. The van der Waals surface area contributed by atoms with Crippen molar-refractivity contribution >= 4 is 46.0 Å². The molecule has 2 aromatic heterocycles. The maximum absolute atomic E-state index is 13.1. The number of thiazole rings is 2. The zero-order chi connectivity index (χ0) is 20.9. The summed E-state index contributed by atoms with van der Waals surface area (Å²) >= 11 is 4.66. The molecule has 0 aliphatic heterocycles. The number of hydrogen-bond acceptors (Lipinski definition) is 6. The summed E-state index contributed by atoms with van der Waals surface area (Å²) in [6, 6.07) is 14.0. The Balaban J connectivity index is 1.31. The summed E-state index contributed by atoms with van der Waals surface area (Å²) in [5.41, 5.74) is 4.53. The smallest absolute Gasteiger partial charge is 0.231 e. The SMILES string of the molecule is Cc1ccccc1NC(=O)Cc1nc(CSc2nc(-c3ccc(F)cc3)cs2)cs1. The number of aryl methyl sites for hydroxylation is 1. The fourth-order valence-electron chi connectivity index (χ4n) is 2.75. The molecule has 8 heteroatoms. The number of hydrogen-bond donors (Lipinski definition) is 1. The average Bonchev–Trinajstić information content (AvgIpc) is 3.38. The number of nitrogens with zero attached hydrogens (tertiary/aromatic N) is 2. The summed E-state index contributed by atoms with van der Waals surface area (Å²) < 4.78 is 14.0. The van der Waals surface area contributed by atoms with Gasteiger partial charge in [-0.3, -0.25) is 4.79 Å². The molecule has 0 unspecified atom stereocenters. The van der Waals surface area contributed by atoms with Gasteiger partial charge in [0.15, 0.2) is 4.34 Å². The Morgan fingerprint density at radius 2 is 1.87 bits per heavy atom. The van der Waals surface area contributed by atoms with Gasteiger partial charge in [0, 0.05) is 27.8 Å². The predicted octanol–water partition coefficient (Wildman–Crippen LogP) is 6.19. The van der Waals surface area contributed by atoms with Gasteiger partial charge >= 0.3 is 0 Å². The van der Waals surface area contributed by atoms with Crippen molar-refractivity contribution in [2.45, 2.75) is 23.4 Å². The van der Waals surface area contributed by atoms with E-state index in [2.05, 4.69) is 15.3 Å². The summed E-state index contributed by atoms with van der Waals surface area (Å²) in [7, 11) is 0. The number of amides is 1. The van der Waals surface area contributed by atoms with Crippen LogP contribution in [0, 0.1) is 12.7 Å². The number of carbonyl (C=O) groups excluding carboxylic acids is 1. The molecule has 4 nitrogen and oxygen atoms in total. The van der Waals surface area contributed by atoms with Crippen LogP contribution in [0.5, 0.6) is 0 Å². The first kappa shape index (κ1) is 20.7. The van der Waals surface area contributed by atoms with E-state index in [4.69, 9.17) is 0 Å². The lowest BCUT2D eigenvalue weighted by Gasteiger charge is -2.06. The van der Waals surface area contributed by atoms with E-state index in [-0.39, 0.29) is 18.1 Å². The largest absolute Gasteiger partial charge is 0.325 e. The van der Waals surface area contributed by atoms with E-state index < -0.39 is 0 Å².